The third-order valence-electron chi connectivity index (χ3n) is 4.62. The molecule has 4 rings (SSSR count). The summed E-state index contributed by atoms with van der Waals surface area (Å²) in [6.45, 7) is 2.75. The van der Waals surface area contributed by atoms with Gasteiger partial charge in [-0.05, 0) is 18.9 Å². The molecule has 0 atom stereocenters. The Morgan fingerprint density at radius 2 is 2.10 bits per heavy atom. The van der Waals surface area contributed by atoms with Crippen molar-refractivity contribution in [3.05, 3.63) is 34.1 Å². The van der Waals surface area contributed by atoms with Crippen molar-refractivity contribution in [1.82, 2.24) is 14.8 Å². The number of morpholine rings is 1. The van der Waals surface area contributed by atoms with Gasteiger partial charge < -0.3 is 15.0 Å². The highest BCUT2D eigenvalue weighted by Crippen LogP contribution is 2.41. The first-order valence-electron chi connectivity index (χ1n) is 9.17. The summed E-state index contributed by atoms with van der Waals surface area (Å²) in [6, 6.07) is 3.33. The predicted molar refractivity (Wildman–Crippen MR) is 104 cm³/mol. The van der Waals surface area contributed by atoms with E-state index in [1.54, 1.807) is 0 Å². The van der Waals surface area contributed by atoms with Gasteiger partial charge in [0.25, 0.3) is 5.69 Å². The largest absolute Gasteiger partial charge is 0.378 e. The van der Waals surface area contributed by atoms with Crippen LogP contribution in [0.1, 0.15) is 18.9 Å². The number of amides is 1. The van der Waals surface area contributed by atoms with Gasteiger partial charge in [0.1, 0.15) is 5.82 Å². The summed E-state index contributed by atoms with van der Waals surface area (Å²) in [5.74, 6) is -0.448. The van der Waals surface area contributed by atoms with Gasteiger partial charge in [-0.15, -0.1) is 10.2 Å². The number of carbonyl (C=O) groups is 1. The fourth-order valence-corrected chi connectivity index (χ4v) is 3.84. The van der Waals surface area contributed by atoms with E-state index in [0.29, 0.717) is 24.4 Å². The Morgan fingerprint density at radius 1 is 1.34 bits per heavy atom. The molecule has 2 heterocycles. The number of ether oxygens (including phenoxy) is 1. The standard InChI is InChI=1S/C17H19FN6O4S/c18-13-4-3-12(24(26)27)9-14(13)19-15(25)10-29-17-21-20-16(23(17)11-1-2-11)22-5-7-28-8-6-22/h3-4,9,11H,1-2,5-8,10H2,(H,19,25). The summed E-state index contributed by atoms with van der Waals surface area (Å²) < 4.78 is 21.3. The third kappa shape index (κ3) is 4.48. The second-order valence-electron chi connectivity index (χ2n) is 6.74. The first-order valence-corrected chi connectivity index (χ1v) is 10.2. The third-order valence-corrected chi connectivity index (χ3v) is 5.56. The second kappa shape index (κ2) is 8.33. The Labute approximate surface area is 169 Å². The van der Waals surface area contributed by atoms with Gasteiger partial charge in [-0.1, -0.05) is 11.8 Å². The summed E-state index contributed by atoms with van der Waals surface area (Å²) in [4.78, 5) is 24.6. The van der Waals surface area contributed by atoms with Gasteiger partial charge in [0.2, 0.25) is 11.9 Å². The van der Waals surface area contributed by atoms with Gasteiger partial charge in [0.15, 0.2) is 5.16 Å². The smallest absolute Gasteiger partial charge is 0.271 e. The van der Waals surface area contributed by atoms with Gasteiger partial charge in [-0.2, -0.15) is 0 Å². The van der Waals surface area contributed by atoms with E-state index < -0.39 is 16.6 Å². The van der Waals surface area contributed by atoms with Crippen molar-refractivity contribution in [2.75, 3.05) is 42.3 Å². The minimum Gasteiger partial charge on any atom is -0.378 e. The molecule has 0 unspecified atom stereocenters. The highest BCUT2D eigenvalue weighted by Gasteiger charge is 2.32. The lowest BCUT2D eigenvalue weighted by Gasteiger charge is -2.27. The molecule has 1 aromatic carbocycles. The molecule has 2 aromatic rings. The lowest BCUT2D eigenvalue weighted by atomic mass is 10.2. The van der Waals surface area contributed by atoms with E-state index in [4.69, 9.17) is 4.74 Å². The molecule has 29 heavy (non-hydrogen) atoms. The highest BCUT2D eigenvalue weighted by molar-refractivity contribution is 7.99. The van der Waals surface area contributed by atoms with Crippen LogP contribution in [0, 0.1) is 15.9 Å². The number of nitro groups is 1. The van der Waals surface area contributed by atoms with Crippen LogP contribution in [0.4, 0.5) is 21.7 Å². The van der Waals surface area contributed by atoms with Crippen molar-refractivity contribution >= 4 is 35.0 Å². The molecule has 1 aromatic heterocycles. The van der Waals surface area contributed by atoms with Crippen molar-refractivity contribution in [1.29, 1.82) is 0 Å². The number of non-ortho nitro benzene ring substituents is 1. The van der Waals surface area contributed by atoms with Crippen LogP contribution in [0.2, 0.25) is 0 Å². The van der Waals surface area contributed by atoms with E-state index in [-0.39, 0.29) is 17.1 Å². The summed E-state index contributed by atoms with van der Waals surface area (Å²) >= 11 is 1.21. The van der Waals surface area contributed by atoms with Crippen LogP contribution < -0.4 is 10.2 Å². The molecule has 2 aliphatic rings. The minimum absolute atomic E-state index is 0.0178. The fourth-order valence-electron chi connectivity index (χ4n) is 3.04. The van der Waals surface area contributed by atoms with E-state index >= 15 is 0 Å². The molecular weight excluding hydrogens is 403 g/mol. The number of thioether (sulfide) groups is 1. The van der Waals surface area contributed by atoms with Crippen molar-refractivity contribution < 1.29 is 18.8 Å². The molecule has 2 fully saturated rings. The number of rotatable bonds is 7. The van der Waals surface area contributed by atoms with Crippen LogP contribution >= 0.6 is 11.8 Å². The van der Waals surface area contributed by atoms with Gasteiger partial charge in [0, 0.05) is 31.3 Å². The van der Waals surface area contributed by atoms with E-state index in [2.05, 4.69) is 25.0 Å². The molecule has 154 valence electrons. The van der Waals surface area contributed by atoms with Gasteiger partial charge in [-0.3, -0.25) is 19.5 Å². The molecule has 0 radical (unpaired) electrons. The maximum Gasteiger partial charge on any atom is 0.271 e. The zero-order valence-corrected chi connectivity index (χ0v) is 16.2. The average Bonchev–Trinajstić information content (AvgIpc) is 3.47. The monoisotopic (exact) mass is 422 g/mol. The molecule has 1 saturated heterocycles. The number of hydrogen-bond acceptors (Lipinski definition) is 8. The van der Waals surface area contributed by atoms with Crippen molar-refractivity contribution in [2.24, 2.45) is 0 Å². The quantitative estimate of drug-likeness (QED) is 0.410. The van der Waals surface area contributed by atoms with E-state index in [0.717, 1.165) is 50.1 Å². The number of carbonyl (C=O) groups excluding carboxylic acids is 1. The number of nitrogens with zero attached hydrogens (tertiary/aromatic N) is 5. The van der Waals surface area contributed by atoms with Crippen molar-refractivity contribution in [3.63, 3.8) is 0 Å². The number of nitro benzene ring substituents is 1. The second-order valence-corrected chi connectivity index (χ2v) is 7.68. The van der Waals surface area contributed by atoms with Crippen LogP contribution in [0.15, 0.2) is 23.4 Å². The van der Waals surface area contributed by atoms with E-state index in [1.165, 1.54) is 11.8 Å². The first kappa shape index (κ1) is 19.6. The SMILES string of the molecule is O=C(CSc1nnc(N2CCOCC2)n1C1CC1)Nc1cc([N+](=O)[O-])ccc1F. The zero-order valence-electron chi connectivity index (χ0n) is 15.4. The lowest BCUT2D eigenvalue weighted by molar-refractivity contribution is -0.384. The summed E-state index contributed by atoms with van der Waals surface area (Å²) in [7, 11) is 0. The molecule has 1 aliphatic carbocycles. The summed E-state index contributed by atoms with van der Waals surface area (Å²) in [6.07, 6.45) is 2.07. The number of anilines is 2. The minimum atomic E-state index is -0.732. The zero-order chi connectivity index (χ0) is 20.4. The molecule has 12 heteroatoms. The predicted octanol–water partition coefficient (Wildman–Crippen LogP) is 2.23. The molecule has 1 N–H and O–H groups in total. The number of aromatic nitrogens is 3. The van der Waals surface area contributed by atoms with Crippen LogP contribution in [-0.2, 0) is 9.53 Å². The maximum atomic E-state index is 13.9. The van der Waals surface area contributed by atoms with E-state index in [9.17, 15) is 19.3 Å². The molecule has 0 spiro atoms. The van der Waals surface area contributed by atoms with Gasteiger partial charge >= 0.3 is 0 Å². The maximum absolute atomic E-state index is 13.9. The van der Waals surface area contributed by atoms with E-state index in [1.807, 2.05) is 0 Å². The Balaban J connectivity index is 1.43. The Morgan fingerprint density at radius 3 is 2.79 bits per heavy atom. The first-order chi connectivity index (χ1) is 14.0. The van der Waals surface area contributed by atoms with Crippen LogP contribution in [0.3, 0.4) is 0 Å². The number of halogens is 1. The Bertz CT molecular complexity index is 929. The lowest BCUT2D eigenvalue weighted by Crippen LogP contribution is -2.38. The molecular formula is C17H19FN6O4S. The number of nitrogens with one attached hydrogen (secondary N) is 1. The van der Waals surface area contributed by atoms with Crippen LogP contribution in [-0.4, -0.2) is 57.7 Å². The fraction of sp³-hybridized carbons (Fsp3) is 0.471. The topological polar surface area (TPSA) is 115 Å². The van der Waals surface area contributed by atoms with Crippen molar-refractivity contribution in [3.8, 4) is 0 Å². The van der Waals surface area contributed by atoms with Gasteiger partial charge in [0.05, 0.1) is 29.6 Å². The number of hydrogen-bond donors (Lipinski definition) is 1. The molecule has 1 amide bonds. The normalized spacial score (nSPS) is 16.7. The molecule has 10 nitrogen and oxygen atoms in total. The van der Waals surface area contributed by atoms with Crippen LogP contribution in [0.25, 0.3) is 0 Å². The average molecular weight is 422 g/mol. The number of benzene rings is 1. The van der Waals surface area contributed by atoms with Crippen molar-refractivity contribution in [2.45, 2.75) is 24.0 Å². The molecule has 0 bridgehead atoms. The summed E-state index contributed by atoms with van der Waals surface area (Å²) in [5, 5.41) is 22.4. The van der Waals surface area contributed by atoms with Crippen LogP contribution in [0.5, 0.6) is 0 Å². The Hall–Kier alpha value is -2.73. The Kier molecular flexibility index (Phi) is 5.62. The van der Waals surface area contributed by atoms with Gasteiger partial charge in [-0.25, -0.2) is 4.39 Å². The highest BCUT2D eigenvalue weighted by atomic mass is 32.2. The summed E-state index contributed by atoms with van der Waals surface area (Å²) in [5.41, 5.74) is -0.513. The molecule has 1 saturated carbocycles. The molecule has 1 aliphatic heterocycles.